The van der Waals surface area contributed by atoms with E-state index in [0.29, 0.717) is 12.5 Å². The number of aromatic nitrogens is 1. The fourth-order valence-electron chi connectivity index (χ4n) is 3.30. The smallest absolute Gasteiger partial charge is 0.416 e. The Kier molecular flexibility index (Phi) is 6.51. The Morgan fingerprint density at radius 2 is 2.06 bits per heavy atom. The predicted octanol–water partition coefficient (Wildman–Crippen LogP) is 3.63. The predicted molar refractivity (Wildman–Crippen MR) is 105 cm³/mol. The zero-order valence-corrected chi connectivity index (χ0v) is 16.7. The van der Waals surface area contributed by atoms with Crippen molar-refractivity contribution >= 4 is 17.6 Å². The highest BCUT2D eigenvalue weighted by molar-refractivity contribution is 5.99. The number of alkyl halides is 5. The first-order chi connectivity index (χ1) is 15.0. The number of nitrogens with two attached hydrogens (primary N) is 1. The van der Waals surface area contributed by atoms with Crippen LogP contribution >= 0.6 is 0 Å². The second-order valence-electron chi connectivity index (χ2n) is 7.12. The number of carbonyl (C=O) groups excluding carboxylic acids is 1. The van der Waals surface area contributed by atoms with Crippen LogP contribution in [0.1, 0.15) is 29.5 Å². The summed E-state index contributed by atoms with van der Waals surface area (Å²) in [5.41, 5.74) is 4.97. The van der Waals surface area contributed by atoms with Gasteiger partial charge in [-0.15, -0.1) is 0 Å². The molecule has 0 spiro atoms. The van der Waals surface area contributed by atoms with Gasteiger partial charge in [0.2, 0.25) is 11.8 Å². The second-order valence-corrected chi connectivity index (χ2v) is 7.12. The van der Waals surface area contributed by atoms with Crippen LogP contribution in [-0.4, -0.2) is 41.1 Å². The highest BCUT2D eigenvalue weighted by Crippen LogP contribution is 2.38. The molecule has 1 aliphatic rings. The summed E-state index contributed by atoms with van der Waals surface area (Å²) < 4.78 is 69.2. The molecule has 0 radical (unpaired) electrons. The van der Waals surface area contributed by atoms with E-state index in [1.54, 1.807) is 0 Å². The monoisotopic (exact) mass is 458 g/mol. The zero-order chi connectivity index (χ0) is 23.6. The first-order valence-corrected chi connectivity index (χ1v) is 9.43. The summed E-state index contributed by atoms with van der Waals surface area (Å²) in [4.78, 5) is 19.4. The fraction of sp³-hybridized carbons (Fsp3) is 0.350. The number of aryl methyl sites for hydroxylation is 1. The van der Waals surface area contributed by atoms with Crippen LogP contribution in [0.2, 0.25) is 0 Å². The number of amides is 1. The number of hydrogen-bond donors (Lipinski definition) is 3. The molecule has 12 heteroatoms. The van der Waals surface area contributed by atoms with Gasteiger partial charge in [0.05, 0.1) is 22.9 Å². The lowest BCUT2D eigenvalue weighted by Crippen LogP contribution is -2.37. The molecule has 1 aliphatic heterocycles. The van der Waals surface area contributed by atoms with E-state index in [4.69, 9.17) is 5.73 Å². The molecule has 4 N–H and O–H groups in total. The molecule has 0 saturated carbocycles. The molecule has 0 aliphatic carbocycles. The van der Waals surface area contributed by atoms with E-state index >= 15 is 0 Å². The Hall–Kier alpha value is -3.44. The number of hydrogen-bond acceptors (Lipinski definition) is 6. The van der Waals surface area contributed by atoms with Crippen LogP contribution in [0.4, 0.5) is 27.8 Å². The van der Waals surface area contributed by atoms with E-state index in [-0.39, 0.29) is 47.1 Å². The molecule has 3 rings (SSSR count). The van der Waals surface area contributed by atoms with Crippen LogP contribution in [-0.2, 0) is 15.7 Å². The lowest BCUT2D eigenvalue weighted by molar-refractivity contribution is -0.137. The Balaban J connectivity index is 1.98. The Bertz CT molecular complexity index is 1020. The Labute approximate surface area is 179 Å². The van der Waals surface area contributed by atoms with Crippen LogP contribution in [0.25, 0.3) is 11.3 Å². The van der Waals surface area contributed by atoms with Crippen molar-refractivity contribution in [3.8, 4) is 17.0 Å². The molecule has 1 aromatic carbocycles. The van der Waals surface area contributed by atoms with Gasteiger partial charge in [-0.05, 0) is 43.2 Å². The van der Waals surface area contributed by atoms with Gasteiger partial charge in [-0.3, -0.25) is 4.79 Å². The van der Waals surface area contributed by atoms with Crippen LogP contribution in [0.15, 0.2) is 29.3 Å². The molecule has 1 aromatic heterocycles. The lowest BCUT2D eigenvalue weighted by Gasteiger charge is -2.20. The van der Waals surface area contributed by atoms with Gasteiger partial charge in [0, 0.05) is 18.5 Å². The second kappa shape index (κ2) is 8.97. The fourth-order valence-corrected chi connectivity index (χ4v) is 3.30. The zero-order valence-electron chi connectivity index (χ0n) is 16.7. The van der Waals surface area contributed by atoms with Crippen LogP contribution < -0.4 is 11.1 Å². The van der Waals surface area contributed by atoms with Crippen molar-refractivity contribution in [1.82, 2.24) is 10.3 Å². The standard InChI is InChI=1S/C20H19F5N4O3/c1-9-6-10(20(23,24)25)7-14(30)16(9)13-4-3-12(17(26)29-13)18(32-19(21)22)28-11-2-5-15(31)27-8-11/h3-4,6-7,11,19,30H,2,5,8H2,1H3,(H2,26,29)(H,27,31). The summed E-state index contributed by atoms with van der Waals surface area (Å²) in [6, 6.07) is 3.48. The van der Waals surface area contributed by atoms with Gasteiger partial charge in [-0.25, -0.2) is 9.98 Å². The van der Waals surface area contributed by atoms with Crippen molar-refractivity contribution in [3.63, 3.8) is 0 Å². The Morgan fingerprint density at radius 3 is 2.59 bits per heavy atom. The summed E-state index contributed by atoms with van der Waals surface area (Å²) in [6.07, 6.45) is -4.14. The molecule has 1 saturated heterocycles. The number of ether oxygens (including phenoxy) is 1. The summed E-state index contributed by atoms with van der Waals surface area (Å²) in [7, 11) is 0. The number of nitrogens with zero attached hydrogens (tertiary/aromatic N) is 2. The maximum Gasteiger partial charge on any atom is 0.416 e. The quantitative estimate of drug-likeness (QED) is 0.368. The van der Waals surface area contributed by atoms with Gasteiger partial charge in [-0.2, -0.15) is 22.0 Å². The maximum absolute atomic E-state index is 12.9. The minimum Gasteiger partial charge on any atom is -0.507 e. The third-order valence-corrected chi connectivity index (χ3v) is 4.79. The highest BCUT2D eigenvalue weighted by Gasteiger charge is 2.32. The van der Waals surface area contributed by atoms with E-state index in [9.17, 15) is 31.9 Å². The van der Waals surface area contributed by atoms with E-state index in [1.807, 2.05) is 0 Å². The molecular formula is C20H19F5N4O3. The van der Waals surface area contributed by atoms with Crippen LogP contribution in [0.3, 0.4) is 0 Å². The average molecular weight is 458 g/mol. The van der Waals surface area contributed by atoms with Gasteiger partial charge < -0.3 is 20.9 Å². The summed E-state index contributed by atoms with van der Waals surface area (Å²) in [5.74, 6) is -1.59. The number of aromatic hydroxyl groups is 1. The van der Waals surface area contributed by atoms with Gasteiger partial charge in [-0.1, -0.05) is 0 Å². The van der Waals surface area contributed by atoms with Gasteiger partial charge >= 0.3 is 12.8 Å². The third kappa shape index (κ3) is 5.24. The van der Waals surface area contributed by atoms with Crippen molar-refractivity contribution in [2.24, 2.45) is 4.99 Å². The van der Waals surface area contributed by atoms with Gasteiger partial charge in [0.1, 0.15) is 11.6 Å². The summed E-state index contributed by atoms with van der Waals surface area (Å²) in [5, 5.41) is 12.7. The highest BCUT2D eigenvalue weighted by atomic mass is 19.4. The normalized spacial score (nSPS) is 17.4. The van der Waals surface area contributed by atoms with Crippen molar-refractivity contribution in [3.05, 3.63) is 41.0 Å². The number of halogens is 5. The molecule has 32 heavy (non-hydrogen) atoms. The molecular weight excluding hydrogens is 439 g/mol. The minimum atomic E-state index is -4.65. The van der Waals surface area contributed by atoms with Crippen molar-refractivity contribution in [2.75, 3.05) is 12.3 Å². The first-order valence-electron chi connectivity index (χ1n) is 9.43. The first kappa shape index (κ1) is 23.2. The summed E-state index contributed by atoms with van der Waals surface area (Å²) >= 11 is 0. The van der Waals surface area contributed by atoms with Gasteiger partial charge in [0.25, 0.3) is 0 Å². The number of anilines is 1. The number of benzene rings is 1. The number of carbonyl (C=O) groups is 1. The number of nitrogen functional groups attached to an aromatic ring is 1. The van der Waals surface area contributed by atoms with E-state index in [0.717, 1.165) is 6.07 Å². The molecule has 7 nitrogen and oxygen atoms in total. The van der Waals surface area contributed by atoms with Gasteiger partial charge in [0.15, 0.2) is 0 Å². The van der Waals surface area contributed by atoms with Crippen LogP contribution in [0, 0.1) is 6.92 Å². The number of piperidine rings is 1. The topological polar surface area (TPSA) is 110 Å². The molecule has 2 heterocycles. The number of pyridine rings is 1. The number of rotatable bonds is 4. The van der Waals surface area contributed by atoms with E-state index < -0.39 is 36.0 Å². The molecule has 1 amide bonds. The molecule has 1 atom stereocenters. The Morgan fingerprint density at radius 1 is 1.34 bits per heavy atom. The molecule has 0 bridgehead atoms. The number of phenolic OH excluding ortho intramolecular Hbond substituents is 1. The number of nitrogens with one attached hydrogen (secondary N) is 1. The van der Waals surface area contributed by atoms with Crippen molar-refractivity contribution < 1.29 is 36.6 Å². The molecule has 1 fully saturated rings. The lowest BCUT2D eigenvalue weighted by atomic mass is 9.99. The largest absolute Gasteiger partial charge is 0.507 e. The maximum atomic E-state index is 12.9. The average Bonchev–Trinajstić information content (AvgIpc) is 2.68. The third-order valence-electron chi connectivity index (χ3n) is 4.79. The summed E-state index contributed by atoms with van der Waals surface area (Å²) in [6.45, 7) is -1.70. The number of phenols is 1. The molecule has 2 aromatic rings. The molecule has 1 unspecified atom stereocenters. The van der Waals surface area contributed by atoms with Crippen molar-refractivity contribution in [1.29, 1.82) is 0 Å². The number of aliphatic imine (C=N–C) groups is 1. The van der Waals surface area contributed by atoms with Crippen molar-refractivity contribution in [2.45, 2.75) is 38.6 Å². The SMILES string of the molecule is Cc1cc(C(F)(F)F)cc(O)c1-c1ccc(C(=NC2CCC(=O)NC2)OC(F)F)c(N)n1. The minimum absolute atomic E-state index is 0.0134. The van der Waals surface area contributed by atoms with E-state index in [1.165, 1.54) is 19.1 Å². The van der Waals surface area contributed by atoms with Crippen LogP contribution in [0.5, 0.6) is 5.75 Å². The van der Waals surface area contributed by atoms with E-state index in [2.05, 4.69) is 20.0 Å². The molecule has 172 valence electrons.